The van der Waals surface area contributed by atoms with Crippen molar-refractivity contribution in [3.05, 3.63) is 64.5 Å². The number of carbonyl (C=O) groups excluding carboxylic acids is 1. The van der Waals surface area contributed by atoms with Crippen LogP contribution in [0.1, 0.15) is 17.3 Å². The molecule has 0 spiro atoms. The van der Waals surface area contributed by atoms with Crippen LogP contribution in [0.25, 0.3) is 11.0 Å². The number of para-hydroxylation sites is 2. The van der Waals surface area contributed by atoms with E-state index in [1.165, 1.54) is 0 Å². The summed E-state index contributed by atoms with van der Waals surface area (Å²) in [6, 6.07) is 14.0. The number of hydrogen-bond acceptors (Lipinski definition) is 5. The van der Waals surface area contributed by atoms with Gasteiger partial charge in [0.15, 0.2) is 5.69 Å². The molecule has 1 heterocycles. The largest absolute Gasteiger partial charge is 0.493 e. The lowest BCUT2D eigenvalue weighted by Gasteiger charge is -2.13. The van der Waals surface area contributed by atoms with Gasteiger partial charge in [0.25, 0.3) is 5.91 Å². The third-order valence-corrected chi connectivity index (χ3v) is 3.73. The first-order valence-corrected chi connectivity index (χ1v) is 7.92. The molecule has 0 saturated carbocycles. The Hall–Kier alpha value is -3.28. The van der Waals surface area contributed by atoms with Gasteiger partial charge in [-0.25, -0.2) is 4.79 Å². The number of anilines is 2. The molecule has 0 saturated heterocycles. The minimum absolute atomic E-state index is 0.0671. The van der Waals surface area contributed by atoms with E-state index in [2.05, 4.69) is 10.6 Å². The molecule has 3 aromatic rings. The molecule has 3 rings (SSSR count). The van der Waals surface area contributed by atoms with E-state index in [1.54, 1.807) is 43.4 Å². The summed E-state index contributed by atoms with van der Waals surface area (Å²) in [5.41, 5.74) is 0.750. The lowest BCUT2D eigenvalue weighted by molar-refractivity contribution is 0.102. The van der Waals surface area contributed by atoms with Gasteiger partial charge in [-0.05, 0) is 31.2 Å². The fourth-order valence-corrected chi connectivity index (χ4v) is 2.64. The second kappa shape index (κ2) is 7.09. The normalized spacial score (nSPS) is 10.5. The van der Waals surface area contributed by atoms with Crippen LogP contribution < -0.4 is 21.0 Å². The van der Waals surface area contributed by atoms with Gasteiger partial charge in [0, 0.05) is 12.4 Å². The first-order chi connectivity index (χ1) is 12.2. The van der Waals surface area contributed by atoms with Crippen molar-refractivity contribution >= 4 is 28.3 Å². The first kappa shape index (κ1) is 16.6. The number of benzene rings is 2. The van der Waals surface area contributed by atoms with Crippen LogP contribution in [-0.2, 0) is 0 Å². The lowest BCUT2D eigenvalue weighted by atomic mass is 10.1. The Balaban J connectivity index is 2.05. The Morgan fingerprint density at radius 3 is 2.56 bits per heavy atom. The fraction of sp³-hybridized carbons (Fsp3) is 0.158. The Bertz CT molecular complexity index is 979. The number of hydrogen-bond donors (Lipinski definition) is 2. The van der Waals surface area contributed by atoms with Gasteiger partial charge in [0.2, 0.25) is 0 Å². The monoisotopic (exact) mass is 338 g/mol. The number of fused-ring (bicyclic) bond motifs is 1. The first-order valence-electron chi connectivity index (χ1n) is 7.92. The second-order valence-corrected chi connectivity index (χ2v) is 5.27. The molecular weight excluding hydrogens is 320 g/mol. The molecule has 0 aliphatic heterocycles. The van der Waals surface area contributed by atoms with E-state index in [0.29, 0.717) is 34.6 Å². The summed E-state index contributed by atoms with van der Waals surface area (Å²) in [7, 11) is 1.69. The van der Waals surface area contributed by atoms with Crippen LogP contribution >= 0.6 is 0 Å². The molecule has 0 radical (unpaired) electrons. The summed E-state index contributed by atoms with van der Waals surface area (Å²) >= 11 is 0. The quantitative estimate of drug-likeness (QED) is 0.696. The Labute approximate surface area is 144 Å². The van der Waals surface area contributed by atoms with Crippen LogP contribution in [0.4, 0.5) is 11.4 Å². The van der Waals surface area contributed by atoms with E-state index < -0.39 is 11.5 Å². The molecule has 0 unspecified atom stereocenters. The molecule has 2 aromatic carbocycles. The zero-order valence-electron chi connectivity index (χ0n) is 14.0. The van der Waals surface area contributed by atoms with Crippen molar-refractivity contribution in [2.45, 2.75) is 6.92 Å². The molecule has 128 valence electrons. The molecule has 25 heavy (non-hydrogen) atoms. The molecule has 0 bridgehead atoms. The number of amides is 1. The molecule has 0 fully saturated rings. The average Bonchev–Trinajstić information content (AvgIpc) is 2.63. The maximum atomic E-state index is 12.7. The number of rotatable bonds is 5. The molecule has 1 amide bonds. The van der Waals surface area contributed by atoms with Crippen LogP contribution in [0.2, 0.25) is 0 Å². The molecule has 2 N–H and O–H groups in total. The number of nitrogens with one attached hydrogen (secondary N) is 2. The van der Waals surface area contributed by atoms with E-state index >= 15 is 0 Å². The highest BCUT2D eigenvalue weighted by molar-refractivity contribution is 6.09. The zero-order chi connectivity index (χ0) is 17.8. The van der Waals surface area contributed by atoms with E-state index in [0.717, 1.165) is 0 Å². The van der Waals surface area contributed by atoms with Gasteiger partial charge in [-0.2, -0.15) is 0 Å². The summed E-state index contributed by atoms with van der Waals surface area (Å²) in [4.78, 5) is 25.0. The van der Waals surface area contributed by atoms with E-state index in [1.807, 2.05) is 19.1 Å². The van der Waals surface area contributed by atoms with E-state index in [-0.39, 0.29) is 5.69 Å². The van der Waals surface area contributed by atoms with Gasteiger partial charge in [0.1, 0.15) is 11.3 Å². The molecule has 1 aromatic heterocycles. The van der Waals surface area contributed by atoms with Crippen molar-refractivity contribution in [2.24, 2.45) is 0 Å². The molecular formula is C19H18N2O4. The highest BCUT2D eigenvalue weighted by Crippen LogP contribution is 2.29. The smallest absolute Gasteiger partial charge is 0.362 e. The third kappa shape index (κ3) is 3.19. The standard InChI is InChI=1S/C19H18N2O4/c1-3-24-14-10-6-5-9-13(14)18(22)21-17-16(20-2)12-8-4-7-11-15(12)25-19(17)23/h4-11,20H,3H2,1-2H3,(H,21,22). The molecule has 6 heteroatoms. The van der Waals surface area contributed by atoms with Crippen molar-refractivity contribution < 1.29 is 13.9 Å². The summed E-state index contributed by atoms with van der Waals surface area (Å²) in [5, 5.41) is 6.33. The maximum Gasteiger partial charge on any atom is 0.362 e. The van der Waals surface area contributed by atoms with Crippen LogP contribution in [0.3, 0.4) is 0 Å². The highest BCUT2D eigenvalue weighted by atomic mass is 16.5. The van der Waals surface area contributed by atoms with Crippen molar-refractivity contribution in [3.8, 4) is 5.75 Å². The fourth-order valence-electron chi connectivity index (χ4n) is 2.64. The van der Waals surface area contributed by atoms with Gasteiger partial charge >= 0.3 is 5.63 Å². The van der Waals surface area contributed by atoms with Crippen molar-refractivity contribution in [1.82, 2.24) is 0 Å². The molecule has 0 aliphatic rings. The van der Waals surface area contributed by atoms with Crippen molar-refractivity contribution in [2.75, 3.05) is 24.3 Å². The Kier molecular flexibility index (Phi) is 4.70. The van der Waals surface area contributed by atoms with Crippen molar-refractivity contribution in [1.29, 1.82) is 0 Å². The summed E-state index contributed by atoms with van der Waals surface area (Å²) in [6.45, 7) is 2.27. The van der Waals surface area contributed by atoms with Gasteiger partial charge in [-0.1, -0.05) is 24.3 Å². The minimum atomic E-state index is -0.620. The average molecular weight is 338 g/mol. The van der Waals surface area contributed by atoms with Gasteiger partial charge in [-0.3, -0.25) is 4.79 Å². The van der Waals surface area contributed by atoms with Gasteiger partial charge in [0.05, 0.1) is 17.9 Å². The minimum Gasteiger partial charge on any atom is -0.493 e. The SMILES string of the molecule is CCOc1ccccc1C(=O)Nc1c(NC)c2ccccc2oc1=O. The predicted octanol–water partition coefficient (Wildman–Crippen LogP) is 3.49. The summed E-state index contributed by atoms with van der Waals surface area (Å²) in [5.74, 6) is 0.0156. The van der Waals surface area contributed by atoms with E-state index in [4.69, 9.17) is 9.15 Å². The topological polar surface area (TPSA) is 80.6 Å². The zero-order valence-corrected chi connectivity index (χ0v) is 14.0. The summed E-state index contributed by atoms with van der Waals surface area (Å²) in [6.07, 6.45) is 0. The third-order valence-electron chi connectivity index (χ3n) is 3.73. The predicted molar refractivity (Wildman–Crippen MR) is 97.6 cm³/mol. The van der Waals surface area contributed by atoms with E-state index in [9.17, 15) is 9.59 Å². The highest BCUT2D eigenvalue weighted by Gasteiger charge is 2.19. The molecule has 0 aliphatic carbocycles. The van der Waals surface area contributed by atoms with Crippen LogP contribution in [0.15, 0.2) is 57.7 Å². The molecule has 0 atom stereocenters. The van der Waals surface area contributed by atoms with Crippen LogP contribution in [-0.4, -0.2) is 19.6 Å². The number of carbonyl (C=O) groups is 1. The second-order valence-electron chi connectivity index (χ2n) is 5.27. The van der Waals surface area contributed by atoms with Crippen LogP contribution in [0.5, 0.6) is 5.75 Å². The lowest BCUT2D eigenvalue weighted by Crippen LogP contribution is -2.20. The van der Waals surface area contributed by atoms with Crippen LogP contribution in [0, 0.1) is 0 Å². The van der Waals surface area contributed by atoms with Gasteiger partial charge in [-0.15, -0.1) is 0 Å². The maximum absolute atomic E-state index is 12.7. The van der Waals surface area contributed by atoms with Crippen molar-refractivity contribution in [3.63, 3.8) is 0 Å². The summed E-state index contributed by atoms with van der Waals surface area (Å²) < 4.78 is 10.8. The Morgan fingerprint density at radius 2 is 1.80 bits per heavy atom. The Morgan fingerprint density at radius 1 is 1.08 bits per heavy atom. The van der Waals surface area contributed by atoms with Gasteiger partial charge < -0.3 is 19.8 Å². The number of ether oxygens (including phenoxy) is 1. The molecule has 6 nitrogen and oxygen atoms in total.